The fourth-order valence-electron chi connectivity index (χ4n) is 1.30. The molecule has 0 aliphatic heterocycles. The lowest BCUT2D eigenvalue weighted by molar-refractivity contribution is 0.101. The minimum Gasteiger partial charge on any atom is -0.366 e. The zero-order valence-corrected chi connectivity index (χ0v) is 8.99. The van der Waals surface area contributed by atoms with E-state index in [-0.39, 0.29) is 17.5 Å². The Labute approximate surface area is 96.1 Å². The van der Waals surface area contributed by atoms with E-state index in [4.69, 9.17) is 5.73 Å². The molecule has 7 heteroatoms. The quantitative estimate of drug-likeness (QED) is 0.725. The number of hydrogen-bond acceptors (Lipinski definition) is 4. The molecule has 1 heterocycles. The smallest absolute Gasteiger partial charge is 0.293 e. The number of amides is 1. The number of carbonyl (C=O) groups excluding carboxylic acids is 1. The van der Waals surface area contributed by atoms with Gasteiger partial charge in [0.15, 0.2) is 0 Å². The van der Waals surface area contributed by atoms with Crippen LogP contribution in [0.2, 0.25) is 0 Å². The van der Waals surface area contributed by atoms with Crippen molar-refractivity contribution >= 4 is 17.5 Å². The summed E-state index contributed by atoms with van der Waals surface area (Å²) in [5.41, 5.74) is 5.79. The Morgan fingerprint density at radius 3 is 2.94 bits per heavy atom. The third-order valence-electron chi connectivity index (χ3n) is 2.16. The van der Waals surface area contributed by atoms with Crippen LogP contribution in [0.1, 0.15) is 16.2 Å². The van der Waals surface area contributed by atoms with E-state index in [1.54, 1.807) is 19.1 Å². The number of nitrogen functional groups attached to an aromatic ring is 1. The molecule has 0 saturated carbocycles. The maximum atomic E-state index is 13.6. The highest BCUT2D eigenvalue weighted by Crippen LogP contribution is 2.17. The highest BCUT2D eigenvalue weighted by Gasteiger charge is 2.13. The minimum absolute atomic E-state index is 0.0418. The van der Waals surface area contributed by atoms with E-state index >= 15 is 0 Å². The van der Waals surface area contributed by atoms with Gasteiger partial charge >= 0.3 is 0 Å². The summed E-state index contributed by atoms with van der Waals surface area (Å²) in [6, 6.07) is 4.71. The minimum atomic E-state index is -0.598. The van der Waals surface area contributed by atoms with E-state index in [9.17, 15) is 9.18 Å². The summed E-state index contributed by atoms with van der Waals surface area (Å²) < 4.78 is 13.6. The van der Waals surface area contributed by atoms with Crippen LogP contribution in [-0.4, -0.2) is 21.1 Å². The molecule has 88 valence electrons. The van der Waals surface area contributed by atoms with Gasteiger partial charge in [-0.1, -0.05) is 12.1 Å². The third-order valence-corrected chi connectivity index (χ3v) is 2.16. The zero-order chi connectivity index (χ0) is 12.4. The molecule has 0 fully saturated rings. The zero-order valence-electron chi connectivity index (χ0n) is 8.99. The van der Waals surface area contributed by atoms with Gasteiger partial charge in [0.05, 0.1) is 5.69 Å². The van der Waals surface area contributed by atoms with Crippen LogP contribution >= 0.6 is 0 Å². The molecular weight excluding hydrogens is 225 g/mol. The first kappa shape index (κ1) is 11.1. The van der Waals surface area contributed by atoms with Crippen molar-refractivity contribution in [3.05, 3.63) is 35.4 Å². The average Bonchev–Trinajstić information content (AvgIpc) is 2.72. The molecular formula is C10H10FN5O. The summed E-state index contributed by atoms with van der Waals surface area (Å²) in [4.78, 5) is 15.3. The van der Waals surface area contributed by atoms with Crippen molar-refractivity contribution < 1.29 is 9.18 Å². The largest absolute Gasteiger partial charge is 0.366 e. The van der Waals surface area contributed by atoms with E-state index in [0.717, 1.165) is 0 Å². The second kappa shape index (κ2) is 4.20. The van der Waals surface area contributed by atoms with Gasteiger partial charge in [0, 0.05) is 0 Å². The number of aromatic nitrogens is 3. The van der Waals surface area contributed by atoms with E-state index in [0.29, 0.717) is 5.56 Å². The number of aromatic amines is 1. The van der Waals surface area contributed by atoms with Crippen LogP contribution in [0.4, 0.5) is 16.0 Å². The molecule has 0 aliphatic rings. The number of nitrogens with one attached hydrogen (secondary N) is 2. The Morgan fingerprint density at radius 2 is 2.29 bits per heavy atom. The van der Waals surface area contributed by atoms with Gasteiger partial charge in [0.25, 0.3) is 5.91 Å². The maximum absolute atomic E-state index is 13.6. The molecule has 2 rings (SSSR count). The van der Waals surface area contributed by atoms with Crippen LogP contribution < -0.4 is 11.1 Å². The lowest BCUT2D eigenvalue weighted by atomic mass is 10.2. The highest BCUT2D eigenvalue weighted by atomic mass is 19.1. The second-order valence-corrected chi connectivity index (χ2v) is 3.43. The Bertz CT molecular complexity index is 566. The van der Waals surface area contributed by atoms with Crippen LogP contribution in [0.3, 0.4) is 0 Å². The Morgan fingerprint density at radius 1 is 1.53 bits per heavy atom. The lowest BCUT2D eigenvalue weighted by Gasteiger charge is -2.05. The predicted octanol–water partition coefficient (Wildman–Crippen LogP) is 1.09. The summed E-state index contributed by atoms with van der Waals surface area (Å²) in [6.45, 7) is 1.61. The molecule has 17 heavy (non-hydrogen) atoms. The molecule has 0 aliphatic carbocycles. The summed E-state index contributed by atoms with van der Waals surface area (Å²) in [6.07, 6.45) is 0. The number of benzene rings is 1. The number of aryl methyl sites for hydroxylation is 1. The van der Waals surface area contributed by atoms with Crippen molar-refractivity contribution in [1.29, 1.82) is 0 Å². The van der Waals surface area contributed by atoms with Crippen LogP contribution in [-0.2, 0) is 0 Å². The van der Waals surface area contributed by atoms with Crippen LogP contribution in [0.15, 0.2) is 18.2 Å². The van der Waals surface area contributed by atoms with Gasteiger partial charge in [-0.25, -0.2) is 4.39 Å². The normalized spacial score (nSPS) is 10.2. The first-order valence-corrected chi connectivity index (χ1v) is 4.82. The number of hydrogen-bond donors (Lipinski definition) is 3. The monoisotopic (exact) mass is 235 g/mol. The number of nitrogens with two attached hydrogens (primary N) is 1. The summed E-state index contributed by atoms with van der Waals surface area (Å²) >= 11 is 0. The molecule has 0 atom stereocenters. The van der Waals surface area contributed by atoms with Gasteiger partial charge in [-0.3, -0.25) is 9.89 Å². The van der Waals surface area contributed by atoms with Crippen molar-refractivity contribution in [3.63, 3.8) is 0 Å². The molecule has 0 saturated heterocycles. The summed E-state index contributed by atoms with van der Waals surface area (Å²) in [5, 5.41) is 8.22. The van der Waals surface area contributed by atoms with Crippen LogP contribution in [0, 0.1) is 12.7 Å². The average molecular weight is 235 g/mol. The third kappa shape index (κ3) is 2.22. The number of rotatable bonds is 2. The summed E-state index contributed by atoms with van der Waals surface area (Å²) in [5.74, 6) is -1.18. The molecule has 2 aromatic rings. The predicted molar refractivity (Wildman–Crippen MR) is 59.9 cm³/mol. The Balaban J connectivity index is 2.21. The Hall–Kier alpha value is -2.44. The molecule has 1 amide bonds. The molecule has 0 unspecified atom stereocenters. The van der Waals surface area contributed by atoms with Crippen LogP contribution in [0.25, 0.3) is 0 Å². The summed E-state index contributed by atoms with van der Waals surface area (Å²) in [7, 11) is 0. The van der Waals surface area contributed by atoms with E-state index in [2.05, 4.69) is 20.5 Å². The highest BCUT2D eigenvalue weighted by molar-refractivity contribution is 6.01. The first-order chi connectivity index (χ1) is 8.08. The maximum Gasteiger partial charge on any atom is 0.293 e. The van der Waals surface area contributed by atoms with E-state index < -0.39 is 11.7 Å². The number of anilines is 2. The molecule has 0 spiro atoms. The van der Waals surface area contributed by atoms with Crippen molar-refractivity contribution in [1.82, 2.24) is 15.2 Å². The van der Waals surface area contributed by atoms with Gasteiger partial charge in [0.1, 0.15) is 5.82 Å². The number of nitrogens with zero attached hydrogens (tertiary/aromatic N) is 2. The van der Waals surface area contributed by atoms with Crippen LogP contribution in [0.5, 0.6) is 0 Å². The molecule has 1 aromatic heterocycles. The van der Waals surface area contributed by atoms with Gasteiger partial charge in [-0.05, 0) is 18.6 Å². The number of H-pyrrole nitrogens is 1. The molecule has 0 radical (unpaired) electrons. The van der Waals surface area contributed by atoms with Gasteiger partial charge in [0.2, 0.25) is 11.8 Å². The first-order valence-electron chi connectivity index (χ1n) is 4.82. The molecule has 0 bridgehead atoms. The molecule has 4 N–H and O–H groups in total. The lowest BCUT2D eigenvalue weighted by Crippen LogP contribution is -2.15. The Kier molecular flexibility index (Phi) is 2.73. The van der Waals surface area contributed by atoms with Crippen molar-refractivity contribution in [2.45, 2.75) is 6.92 Å². The van der Waals surface area contributed by atoms with E-state index in [1.807, 2.05) is 0 Å². The second-order valence-electron chi connectivity index (χ2n) is 3.43. The van der Waals surface area contributed by atoms with Crippen molar-refractivity contribution in [2.75, 3.05) is 11.1 Å². The van der Waals surface area contributed by atoms with Gasteiger partial charge in [-0.2, -0.15) is 4.98 Å². The SMILES string of the molecule is Cc1cccc(NC(=O)c2nc(N)n[nH]2)c1F. The fraction of sp³-hybridized carbons (Fsp3) is 0.100. The number of carbonyl (C=O) groups is 1. The van der Waals surface area contributed by atoms with Crippen molar-refractivity contribution in [2.24, 2.45) is 0 Å². The molecule has 6 nitrogen and oxygen atoms in total. The fourth-order valence-corrected chi connectivity index (χ4v) is 1.30. The number of halogens is 1. The van der Waals surface area contributed by atoms with Gasteiger partial charge in [-0.15, -0.1) is 5.10 Å². The van der Waals surface area contributed by atoms with Gasteiger partial charge < -0.3 is 11.1 Å². The standard InChI is InChI=1S/C10H10FN5O/c1-5-3-2-4-6(7(5)11)13-9(17)8-14-10(12)16-15-8/h2-4H,1H3,(H,13,17)(H3,12,14,15,16). The van der Waals surface area contributed by atoms with E-state index in [1.165, 1.54) is 6.07 Å². The topological polar surface area (TPSA) is 96.7 Å². The molecule has 1 aromatic carbocycles. The van der Waals surface area contributed by atoms with Crippen molar-refractivity contribution in [3.8, 4) is 0 Å².